The van der Waals surface area contributed by atoms with Crippen molar-refractivity contribution in [3.63, 3.8) is 0 Å². The number of nitrogens with one attached hydrogen (secondary N) is 1. The Kier molecular flexibility index (Phi) is 3.18. The number of ether oxygens (including phenoxy) is 1. The Bertz CT molecular complexity index is 621. The second-order valence-electron chi connectivity index (χ2n) is 4.78. The molecule has 104 valence electrons. The van der Waals surface area contributed by atoms with E-state index in [4.69, 9.17) is 10.5 Å². The van der Waals surface area contributed by atoms with E-state index >= 15 is 0 Å². The summed E-state index contributed by atoms with van der Waals surface area (Å²) < 4.78 is 32.2. The number of anilines is 2. The Hall–Kier alpha value is -2.30. The highest BCUT2D eigenvalue weighted by molar-refractivity contribution is 5.66. The van der Waals surface area contributed by atoms with Crippen LogP contribution in [0.2, 0.25) is 0 Å². The summed E-state index contributed by atoms with van der Waals surface area (Å²) in [6.07, 6.45) is 0.694. The fraction of sp³-hybridized carbons (Fsp3) is 0.200. The number of para-hydroxylation sites is 1. The zero-order valence-corrected chi connectivity index (χ0v) is 10.7. The molecule has 1 heterocycles. The van der Waals surface area contributed by atoms with Gasteiger partial charge in [0.25, 0.3) is 0 Å². The normalized spacial score (nSPS) is 16.6. The van der Waals surface area contributed by atoms with Gasteiger partial charge in [0.1, 0.15) is 17.7 Å². The van der Waals surface area contributed by atoms with E-state index in [-0.39, 0.29) is 17.5 Å². The lowest BCUT2D eigenvalue weighted by Gasteiger charge is -2.14. The predicted octanol–water partition coefficient (Wildman–Crippen LogP) is 2.96. The molecule has 2 aromatic carbocycles. The van der Waals surface area contributed by atoms with Crippen LogP contribution in [0.4, 0.5) is 20.2 Å². The second kappa shape index (κ2) is 5.00. The molecule has 1 unspecified atom stereocenters. The summed E-state index contributed by atoms with van der Waals surface area (Å²) in [5.74, 6) is -0.560. The molecule has 2 aromatic rings. The van der Waals surface area contributed by atoms with Gasteiger partial charge >= 0.3 is 0 Å². The Labute approximate surface area is 115 Å². The predicted molar refractivity (Wildman–Crippen MR) is 73.8 cm³/mol. The maximum Gasteiger partial charge on any atom is 0.151 e. The van der Waals surface area contributed by atoms with Crippen LogP contribution in [0.3, 0.4) is 0 Å². The van der Waals surface area contributed by atoms with Crippen LogP contribution in [0.25, 0.3) is 0 Å². The molecular weight excluding hydrogens is 262 g/mol. The summed E-state index contributed by atoms with van der Waals surface area (Å²) in [7, 11) is 0. The summed E-state index contributed by atoms with van der Waals surface area (Å²) in [5.41, 5.74) is 6.88. The number of fused-ring (bicyclic) bond motifs is 1. The van der Waals surface area contributed by atoms with Crippen molar-refractivity contribution < 1.29 is 13.5 Å². The molecule has 0 amide bonds. The molecule has 0 spiro atoms. The quantitative estimate of drug-likeness (QED) is 0.847. The minimum absolute atomic E-state index is 0.0712. The van der Waals surface area contributed by atoms with Crippen molar-refractivity contribution in [3.05, 3.63) is 53.6 Å². The lowest BCUT2D eigenvalue weighted by Crippen LogP contribution is -2.24. The molecule has 3 N–H and O–H groups in total. The highest BCUT2D eigenvalue weighted by Gasteiger charge is 2.22. The number of hydrogen-bond acceptors (Lipinski definition) is 3. The second-order valence-corrected chi connectivity index (χ2v) is 4.78. The van der Waals surface area contributed by atoms with Crippen LogP contribution in [0, 0.1) is 11.6 Å². The van der Waals surface area contributed by atoms with Crippen molar-refractivity contribution in [2.24, 2.45) is 0 Å². The summed E-state index contributed by atoms with van der Waals surface area (Å²) in [6, 6.07) is 9.73. The SMILES string of the molecule is Nc1c(F)cc(F)cc1NCC1Cc2ccccc2O1. The minimum atomic E-state index is -0.761. The standard InChI is InChI=1S/C15H14F2N2O/c16-10-6-12(17)15(18)13(7-10)19-8-11-5-9-3-1-2-4-14(9)20-11/h1-4,6-7,11,19H,5,8,18H2. The molecule has 0 bridgehead atoms. The molecule has 3 nitrogen and oxygen atoms in total. The fourth-order valence-electron chi connectivity index (χ4n) is 2.32. The summed E-state index contributed by atoms with van der Waals surface area (Å²) >= 11 is 0. The average molecular weight is 276 g/mol. The van der Waals surface area contributed by atoms with Crippen LogP contribution >= 0.6 is 0 Å². The molecule has 0 aromatic heterocycles. The van der Waals surface area contributed by atoms with Crippen molar-refractivity contribution >= 4 is 11.4 Å². The number of rotatable bonds is 3. The van der Waals surface area contributed by atoms with Crippen LogP contribution in [-0.2, 0) is 6.42 Å². The summed E-state index contributed by atoms with van der Waals surface area (Å²) in [6.45, 7) is 0.432. The smallest absolute Gasteiger partial charge is 0.151 e. The van der Waals surface area contributed by atoms with Crippen molar-refractivity contribution in [3.8, 4) is 5.75 Å². The minimum Gasteiger partial charge on any atom is -0.488 e. The van der Waals surface area contributed by atoms with Gasteiger partial charge in [-0.1, -0.05) is 18.2 Å². The van der Waals surface area contributed by atoms with Crippen LogP contribution < -0.4 is 15.8 Å². The number of nitrogen functional groups attached to an aromatic ring is 1. The van der Waals surface area contributed by atoms with Gasteiger partial charge < -0.3 is 15.8 Å². The van der Waals surface area contributed by atoms with Crippen LogP contribution in [0.5, 0.6) is 5.75 Å². The first kappa shape index (κ1) is 12.7. The van der Waals surface area contributed by atoms with E-state index in [0.717, 1.165) is 23.8 Å². The molecule has 0 fully saturated rings. The molecule has 0 saturated carbocycles. The van der Waals surface area contributed by atoms with E-state index in [0.29, 0.717) is 6.54 Å². The topological polar surface area (TPSA) is 47.3 Å². The highest BCUT2D eigenvalue weighted by atomic mass is 19.1. The number of hydrogen-bond donors (Lipinski definition) is 2. The van der Waals surface area contributed by atoms with Gasteiger partial charge in [-0.25, -0.2) is 8.78 Å². The van der Waals surface area contributed by atoms with E-state index in [1.807, 2.05) is 24.3 Å². The molecule has 1 aliphatic heterocycles. The van der Waals surface area contributed by atoms with Crippen LogP contribution in [0.15, 0.2) is 36.4 Å². The van der Waals surface area contributed by atoms with Gasteiger partial charge in [-0.15, -0.1) is 0 Å². The van der Waals surface area contributed by atoms with E-state index in [1.165, 1.54) is 6.07 Å². The van der Waals surface area contributed by atoms with E-state index in [1.54, 1.807) is 0 Å². The van der Waals surface area contributed by atoms with E-state index < -0.39 is 11.6 Å². The fourth-order valence-corrected chi connectivity index (χ4v) is 2.32. The molecule has 0 radical (unpaired) electrons. The summed E-state index contributed by atoms with van der Waals surface area (Å²) in [4.78, 5) is 0. The monoisotopic (exact) mass is 276 g/mol. The molecule has 5 heteroatoms. The van der Waals surface area contributed by atoms with Gasteiger partial charge in [0.15, 0.2) is 5.82 Å². The van der Waals surface area contributed by atoms with Crippen LogP contribution in [-0.4, -0.2) is 12.6 Å². The van der Waals surface area contributed by atoms with Gasteiger partial charge in [0.05, 0.1) is 17.9 Å². The third kappa shape index (κ3) is 2.39. The Morgan fingerprint density at radius 3 is 2.85 bits per heavy atom. The maximum atomic E-state index is 13.3. The van der Waals surface area contributed by atoms with Crippen molar-refractivity contribution in [2.45, 2.75) is 12.5 Å². The zero-order valence-electron chi connectivity index (χ0n) is 10.7. The molecular formula is C15H14F2N2O. The van der Waals surface area contributed by atoms with Gasteiger partial charge in [0, 0.05) is 12.5 Å². The van der Waals surface area contributed by atoms with E-state index in [9.17, 15) is 8.78 Å². The number of halogens is 2. The maximum absolute atomic E-state index is 13.3. The molecule has 1 aliphatic rings. The van der Waals surface area contributed by atoms with Crippen molar-refractivity contribution in [1.29, 1.82) is 0 Å². The first-order valence-corrected chi connectivity index (χ1v) is 6.36. The first-order chi connectivity index (χ1) is 9.63. The van der Waals surface area contributed by atoms with Gasteiger partial charge in [-0.05, 0) is 17.7 Å². The molecule has 1 atom stereocenters. The number of nitrogens with two attached hydrogens (primary N) is 1. The summed E-state index contributed by atoms with van der Waals surface area (Å²) in [5, 5.41) is 2.94. The largest absolute Gasteiger partial charge is 0.488 e. The molecule has 20 heavy (non-hydrogen) atoms. The number of benzene rings is 2. The zero-order chi connectivity index (χ0) is 14.1. The third-order valence-corrected chi connectivity index (χ3v) is 3.33. The molecule has 0 saturated heterocycles. The molecule has 3 rings (SSSR count). The Morgan fingerprint density at radius 2 is 2.05 bits per heavy atom. The van der Waals surface area contributed by atoms with Crippen LogP contribution in [0.1, 0.15) is 5.56 Å². The molecule has 0 aliphatic carbocycles. The van der Waals surface area contributed by atoms with Gasteiger partial charge in [-0.2, -0.15) is 0 Å². The lowest BCUT2D eigenvalue weighted by atomic mass is 10.1. The van der Waals surface area contributed by atoms with Gasteiger partial charge in [0.2, 0.25) is 0 Å². The third-order valence-electron chi connectivity index (χ3n) is 3.33. The van der Waals surface area contributed by atoms with Crippen molar-refractivity contribution in [1.82, 2.24) is 0 Å². The van der Waals surface area contributed by atoms with Gasteiger partial charge in [-0.3, -0.25) is 0 Å². The Balaban J connectivity index is 1.67. The average Bonchev–Trinajstić information content (AvgIpc) is 2.84. The van der Waals surface area contributed by atoms with E-state index in [2.05, 4.69) is 5.32 Å². The van der Waals surface area contributed by atoms with Crippen molar-refractivity contribution in [2.75, 3.05) is 17.6 Å². The first-order valence-electron chi connectivity index (χ1n) is 6.36. The highest BCUT2D eigenvalue weighted by Crippen LogP contribution is 2.29. The lowest BCUT2D eigenvalue weighted by molar-refractivity contribution is 0.246. The Morgan fingerprint density at radius 1 is 1.25 bits per heavy atom.